The summed E-state index contributed by atoms with van der Waals surface area (Å²) in [6.07, 6.45) is 2.09. The topological polar surface area (TPSA) is 86.1 Å². The number of nitrogens with zero attached hydrogens (tertiary/aromatic N) is 3. The van der Waals surface area contributed by atoms with Gasteiger partial charge in [0.05, 0.1) is 24.7 Å². The second-order valence-electron chi connectivity index (χ2n) is 6.34. The van der Waals surface area contributed by atoms with Crippen LogP contribution in [-0.4, -0.2) is 46.8 Å². The number of likely N-dealkylation sites (tertiary alicyclic amines) is 1. The fraction of sp³-hybridized carbons (Fsp3) is 0.263. The maximum absolute atomic E-state index is 13.5. The molecule has 1 aromatic carbocycles. The van der Waals surface area contributed by atoms with Crippen LogP contribution in [0.1, 0.15) is 16.8 Å². The van der Waals surface area contributed by atoms with E-state index in [-0.39, 0.29) is 5.56 Å². The van der Waals surface area contributed by atoms with Crippen LogP contribution >= 0.6 is 0 Å². The number of amides is 2. The second kappa shape index (κ2) is 7.68. The molecule has 0 bridgehead atoms. The van der Waals surface area contributed by atoms with E-state index in [0.717, 1.165) is 4.90 Å². The van der Waals surface area contributed by atoms with Gasteiger partial charge in [0.25, 0.3) is 11.8 Å². The lowest BCUT2D eigenvalue weighted by atomic mass is 10.0. The fourth-order valence-corrected chi connectivity index (χ4v) is 3.00. The first-order valence-corrected chi connectivity index (χ1v) is 8.36. The van der Waals surface area contributed by atoms with E-state index in [4.69, 9.17) is 5.26 Å². The highest BCUT2D eigenvalue weighted by Crippen LogP contribution is 2.31. The highest BCUT2D eigenvalue weighted by molar-refractivity contribution is 6.02. The van der Waals surface area contributed by atoms with Gasteiger partial charge >= 0.3 is 0 Å². The SMILES string of the molecule is N#CC1CC(F)(F)CN1C(=O)CNC(=O)c1ccncc1-c1ccc(F)cc1. The van der Waals surface area contributed by atoms with E-state index in [2.05, 4.69) is 10.3 Å². The van der Waals surface area contributed by atoms with Gasteiger partial charge in [0.2, 0.25) is 5.91 Å². The molecule has 1 aliphatic heterocycles. The van der Waals surface area contributed by atoms with Crippen molar-refractivity contribution in [2.45, 2.75) is 18.4 Å². The molecule has 1 aromatic heterocycles. The monoisotopic (exact) mass is 388 g/mol. The van der Waals surface area contributed by atoms with Crippen LogP contribution in [0.25, 0.3) is 11.1 Å². The van der Waals surface area contributed by atoms with E-state index in [1.807, 2.05) is 0 Å². The van der Waals surface area contributed by atoms with E-state index >= 15 is 0 Å². The molecule has 6 nitrogen and oxygen atoms in total. The quantitative estimate of drug-likeness (QED) is 0.871. The van der Waals surface area contributed by atoms with E-state index in [1.54, 1.807) is 6.07 Å². The van der Waals surface area contributed by atoms with Crippen molar-refractivity contribution in [2.24, 2.45) is 0 Å². The van der Waals surface area contributed by atoms with Gasteiger partial charge in [-0.15, -0.1) is 0 Å². The minimum atomic E-state index is -3.12. The molecule has 0 saturated carbocycles. The summed E-state index contributed by atoms with van der Waals surface area (Å²) in [4.78, 5) is 29.4. The number of carbonyl (C=O) groups is 2. The lowest BCUT2D eigenvalue weighted by Gasteiger charge is -2.19. The van der Waals surface area contributed by atoms with Crippen LogP contribution in [0.15, 0.2) is 42.7 Å². The highest BCUT2D eigenvalue weighted by Gasteiger charge is 2.47. The summed E-state index contributed by atoms with van der Waals surface area (Å²) in [5, 5.41) is 11.3. The second-order valence-corrected chi connectivity index (χ2v) is 6.34. The number of carbonyl (C=O) groups excluding carboxylic acids is 2. The maximum Gasteiger partial charge on any atom is 0.268 e. The Morgan fingerprint density at radius 2 is 2.00 bits per heavy atom. The van der Waals surface area contributed by atoms with Gasteiger partial charge in [-0.1, -0.05) is 12.1 Å². The number of hydrogen-bond acceptors (Lipinski definition) is 4. The first-order chi connectivity index (χ1) is 13.3. The van der Waals surface area contributed by atoms with Crippen molar-refractivity contribution < 1.29 is 22.8 Å². The number of benzene rings is 1. The van der Waals surface area contributed by atoms with Crippen molar-refractivity contribution in [1.82, 2.24) is 15.2 Å². The summed E-state index contributed by atoms with van der Waals surface area (Å²) in [5.74, 6) is -4.94. The van der Waals surface area contributed by atoms with Crippen molar-refractivity contribution in [3.63, 3.8) is 0 Å². The third-order valence-corrected chi connectivity index (χ3v) is 4.36. The van der Waals surface area contributed by atoms with Crippen LogP contribution in [-0.2, 0) is 4.79 Å². The number of nitriles is 1. The Hall–Kier alpha value is -3.41. The molecule has 9 heteroatoms. The third kappa shape index (κ3) is 4.11. The summed E-state index contributed by atoms with van der Waals surface area (Å²) in [6, 6.07) is 7.33. The predicted octanol–water partition coefficient (Wildman–Crippen LogP) is 2.38. The van der Waals surface area contributed by atoms with Crippen molar-refractivity contribution in [1.29, 1.82) is 5.26 Å². The predicted molar refractivity (Wildman–Crippen MR) is 92.6 cm³/mol. The first-order valence-electron chi connectivity index (χ1n) is 8.36. The van der Waals surface area contributed by atoms with E-state index in [9.17, 15) is 22.8 Å². The zero-order valence-corrected chi connectivity index (χ0v) is 14.5. The lowest BCUT2D eigenvalue weighted by Crippen LogP contribution is -2.43. The molecule has 0 spiro atoms. The largest absolute Gasteiger partial charge is 0.343 e. The molecule has 28 heavy (non-hydrogen) atoms. The summed E-state index contributed by atoms with van der Waals surface area (Å²) in [6.45, 7) is -1.38. The van der Waals surface area contributed by atoms with Gasteiger partial charge in [0.1, 0.15) is 11.9 Å². The summed E-state index contributed by atoms with van der Waals surface area (Å²) in [5.41, 5.74) is 1.17. The lowest BCUT2D eigenvalue weighted by molar-refractivity contribution is -0.131. The molecular formula is C19H15F3N4O2. The molecule has 0 aliphatic carbocycles. The molecule has 2 aromatic rings. The van der Waals surface area contributed by atoms with Crippen LogP contribution in [0.4, 0.5) is 13.2 Å². The van der Waals surface area contributed by atoms with Crippen molar-refractivity contribution in [2.75, 3.05) is 13.1 Å². The number of nitrogens with one attached hydrogen (secondary N) is 1. The number of alkyl halides is 2. The Morgan fingerprint density at radius 3 is 2.68 bits per heavy atom. The Kier molecular flexibility index (Phi) is 5.31. The number of rotatable bonds is 4. The van der Waals surface area contributed by atoms with Crippen molar-refractivity contribution >= 4 is 11.8 Å². The Morgan fingerprint density at radius 1 is 1.29 bits per heavy atom. The van der Waals surface area contributed by atoms with Gasteiger partial charge in [-0.3, -0.25) is 14.6 Å². The standard InChI is InChI=1S/C19H15F3N4O2/c20-13-3-1-12(2-4-13)16-9-24-6-5-15(16)18(28)25-10-17(27)26-11-19(21,22)7-14(26)8-23/h1-6,9,14H,7,10-11H2,(H,25,28). The highest BCUT2D eigenvalue weighted by atomic mass is 19.3. The van der Waals surface area contributed by atoms with Gasteiger partial charge in [-0.05, 0) is 23.8 Å². The van der Waals surface area contributed by atoms with E-state index < -0.39 is 49.1 Å². The molecule has 1 N–H and O–H groups in total. The molecule has 1 aliphatic rings. The van der Waals surface area contributed by atoms with Gasteiger partial charge in [-0.25, -0.2) is 13.2 Å². The third-order valence-electron chi connectivity index (χ3n) is 4.36. The molecule has 0 radical (unpaired) electrons. The fourth-order valence-electron chi connectivity index (χ4n) is 3.00. The zero-order valence-electron chi connectivity index (χ0n) is 14.5. The Labute approximate surface area is 158 Å². The molecular weight excluding hydrogens is 373 g/mol. The zero-order chi connectivity index (χ0) is 20.3. The van der Waals surface area contributed by atoms with Crippen molar-refractivity contribution in [3.8, 4) is 17.2 Å². The average Bonchev–Trinajstić information content (AvgIpc) is 3.01. The Bertz CT molecular complexity index is 941. The molecule has 1 atom stereocenters. The number of halogens is 3. The molecule has 1 unspecified atom stereocenters. The summed E-state index contributed by atoms with van der Waals surface area (Å²) in [7, 11) is 0. The molecule has 2 heterocycles. The molecule has 144 valence electrons. The number of pyridine rings is 1. The minimum Gasteiger partial charge on any atom is -0.343 e. The first kappa shape index (κ1) is 19.4. The van der Waals surface area contributed by atoms with E-state index in [1.165, 1.54) is 42.7 Å². The maximum atomic E-state index is 13.5. The Balaban J connectivity index is 1.72. The van der Waals surface area contributed by atoms with E-state index in [0.29, 0.717) is 11.1 Å². The summed E-state index contributed by atoms with van der Waals surface area (Å²) < 4.78 is 40.0. The smallest absolute Gasteiger partial charge is 0.268 e. The van der Waals surface area contributed by atoms with Gasteiger partial charge in [0.15, 0.2) is 0 Å². The number of aromatic nitrogens is 1. The average molecular weight is 388 g/mol. The van der Waals surface area contributed by atoms with Crippen molar-refractivity contribution in [3.05, 3.63) is 54.1 Å². The van der Waals surface area contributed by atoms with Gasteiger partial charge in [0, 0.05) is 24.4 Å². The van der Waals surface area contributed by atoms with Crippen LogP contribution in [0, 0.1) is 17.1 Å². The normalized spacial score (nSPS) is 17.8. The van der Waals surface area contributed by atoms with Crippen LogP contribution in [0.3, 0.4) is 0 Å². The molecule has 2 amide bonds. The van der Waals surface area contributed by atoms with Crippen LogP contribution in [0.5, 0.6) is 0 Å². The molecule has 1 fully saturated rings. The number of hydrogen-bond donors (Lipinski definition) is 1. The van der Waals surface area contributed by atoms with Gasteiger partial charge in [-0.2, -0.15) is 5.26 Å². The van der Waals surface area contributed by atoms with Gasteiger partial charge < -0.3 is 10.2 Å². The summed E-state index contributed by atoms with van der Waals surface area (Å²) >= 11 is 0. The minimum absolute atomic E-state index is 0.193. The molecule has 1 saturated heterocycles. The molecule has 3 rings (SSSR count). The van der Waals surface area contributed by atoms with Crippen LogP contribution < -0.4 is 5.32 Å². The van der Waals surface area contributed by atoms with Crippen LogP contribution in [0.2, 0.25) is 0 Å².